The smallest absolute Gasteiger partial charge is 0.481 e. The third kappa shape index (κ3) is 16.6. The number of carboxylic acid groups (broad SMARTS) is 1. The van der Waals surface area contributed by atoms with Gasteiger partial charge >= 0.3 is 29.4 Å². The highest BCUT2D eigenvalue weighted by Gasteiger charge is 2.50. The predicted octanol–water partition coefficient (Wildman–Crippen LogP) is -0.134. The van der Waals surface area contributed by atoms with Crippen molar-refractivity contribution in [1.82, 2.24) is 30.2 Å². The number of fused-ring (bicyclic) bond motifs is 1. The van der Waals surface area contributed by atoms with Crippen LogP contribution >= 0.6 is 35.2 Å². The predicted molar refractivity (Wildman–Crippen MR) is 202 cm³/mol. The van der Waals surface area contributed by atoms with Gasteiger partial charge in [0.15, 0.2) is 17.7 Å². The zero-order valence-electron chi connectivity index (χ0n) is 31.4. The lowest BCUT2D eigenvalue weighted by Crippen LogP contribution is -2.46. The molecule has 2 aromatic rings. The van der Waals surface area contributed by atoms with Crippen LogP contribution in [0.5, 0.6) is 0 Å². The van der Waals surface area contributed by atoms with Gasteiger partial charge in [0.2, 0.25) is 16.9 Å². The van der Waals surface area contributed by atoms with Gasteiger partial charge in [-0.1, -0.05) is 31.7 Å². The van der Waals surface area contributed by atoms with Crippen LogP contribution in [-0.2, 0) is 55.5 Å². The van der Waals surface area contributed by atoms with E-state index in [1.165, 1.54) is 19.9 Å². The Morgan fingerprint density at radius 3 is 2.41 bits per heavy atom. The number of carbonyl (C=O) groups is 4. The summed E-state index contributed by atoms with van der Waals surface area (Å²) in [4.78, 5) is 98.0. The Hall–Kier alpha value is -3.23. The molecule has 0 bridgehead atoms. The van der Waals surface area contributed by atoms with E-state index in [9.17, 15) is 62.7 Å². The van der Waals surface area contributed by atoms with E-state index >= 15 is 0 Å². The summed E-state index contributed by atoms with van der Waals surface area (Å²) in [6, 6.07) is 0. The Morgan fingerprint density at radius 1 is 1.03 bits per heavy atom. The molecule has 3 heterocycles. The van der Waals surface area contributed by atoms with Crippen molar-refractivity contribution in [2.45, 2.75) is 76.6 Å². The summed E-state index contributed by atoms with van der Waals surface area (Å²) in [6.07, 6.45) is -2.29. The number of unbranched alkanes of at least 4 members (excludes halogenated alkanes) is 2. The Morgan fingerprint density at radius 2 is 1.73 bits per heavy atom. The third-order valence-electron chi connectivity index (χ3n) is 8.01. The van der Waals surface area contributed by atoms with E-state index in [0.717, 1.165) is 29.0 Å². The second kappa shape index (κ2) is 22.0. The standard InChI is InChI=1S/C29H46N7O19P3S/c1-29(2,24(42)27(43)32-10-9-18(37)31-11-12-59-20(40)8-6-4-3-5-7-19(38)39)14-52-58(49,50)55-57(47,48)51-13-17-23(54-56(44,45)46)22(41)28(53-17)36-16-35-21-25(30)33-15-34-26(21)36/h6,8,15-17,22-24,28,41-42H,3-5,7,9-14H2,1-2H3,(H,31,37)(H,32,43)(H,38,39)(H,47,48)(H,49,50)(H2,30,33,34)(H2,44,45,46)/b8-6+. The molecule has 2 amide bonds. The van der Waals surface area contributed by atoms with Gasteiger partial charge in [-0.05, 0) is 25.3 Å². The molecule has 0 radical (unpaired) electrons. The maximum atomic E-state index is 12.7. The van der Waals surface area contributed by atoms with E-state index in [1.54, 1.807) is 6.08 Å². The molecule has 1 saturated heterocycles. The van der Waals surface area contributed by atoms with Gasteiger partial charge in [-0.15, -0.1) is 0 Å². The van der Waals surface area contributed by atoms with Crippen LogP contribution in [0, 0.1) is 5.41 Å². The number of phosphoric ester groups is 3. The van der Waals surface area contributed by atoms with Crippen molar-refractivity contribution in [2.24, 2.45) is 5.41 Å². The first kappa shape index (κ1) is 50.1. The number of phosphoric acid groups is 3. The van der Waals surface area contributed by atoms with Crippen LogP contribution in [0.4, 0.5) is 5.82 Å². The highest BCUT2D eigenvalue weighted by atomic mass is 32.2. The second-order valence-electron chi connectivity index (χ2n) is 13.3. The summed E-state index contributed by atoms with van der Waals surface area (Å²) >= 11 is 0.958. The van der Waals surface area contributed by atoms with E-state index in [0.29, 0.717) is 19.3 Å². The van der Waals surface area contributed by atoms with Crippen LogP contribution in [0.25, 0.3) is 11.2 Å². The SMILES string of the molecule is CC(C)(COP(=O)(O)OP(=O)(O)OCC1OC(n2cnc3c(N)ncnc32)C(O)C1OP(=O)(O)O)C(O)C(=O)NCCC(=O)NCCSC(=O)/C=C/CCCCC(=O)O. The monoisotopic (exact) mass is 921 g/mol. The van der Waals surface area contributed by atoms with Gasteiger partial charge in [-0.3, -0.25) is 37.3 Å². The molecule has 0 aliphatic carbocycles. The summed E-state index contributed by atoms with van der Waals surface area (Å²) < 4.78 is 62.1. The number of thioether (sulfide) groups is 1. The second-order valence-corrected chi connectivity index (χ2v) is 18.6. The number of nitrogens with two attached hydrogens (primary N) is 1. The maximum absolute atomic E-state index is 12.7. The quantitative estimate of drug-likeness (QED) is 0.0352. The van der Waals surface area contributed by atoms with Crippen LogP contribution < -0.4 is 16.4 Å². The summed E-state index contributed by atoms with van der Waals surface area (Å²) in [5.74, 6) is -2.16. The number of amides is 2. The van der Waals surface area contributed by atoms with Gasteiger partial charge < -0.3 is 56.0 Å². The van der Waals surface area contributed by atoms with Crippen molar-refractivity contribution < 1.29 is 90.4 Å². The Kier molecular flexibility index (Phi) is 18.7. The number of ether oxygens (including phenoxy) is 1. The number of anilines is 1. The first-order valence-electron chi connectivity index (χ1n) is 17.4. The van der Waals surface area contributed by atoms with E-state index in [-0.39, 0.29) is 53.8 Å². The molecular formula is C29H46N7O19P3S. The minimum atomic E-state index is -5.59. The van der Waals surface area contributed by atoms with Gasteiger partial charge in [0.25, 0.3) is 0 Å². The number of aliphatic hydroxyl groups is 2. The molecule has 1 aliphatic rings. The van der Waals surface area contributed by atoms with Crippen LogP contribution in [-0.4, -0.2) is 134 Å². The number of aromatic nitrogens is 4. The molecular weight excluding hydrogens is 875 g/mol. The molecule has 0 spiro atoms. The zero-order chi connectivity index (χ0) is 44.2. The molecule has 1 aliphatic heterocycles. The highest BCUT2D eigenvalue weighted by Crippen LogP contribution is 2.61. The first-order chi connectivity index (χ1) is 27.4. The minimum absolute atomic E-state index is 0.0219. The van der Waals surface area contributed by atoms with E-state index < -0.39 is 90.5 Å². The van der Waals surface area contributed by atoms with Crippen LogP contribution in [0.1, 0.15) is 52.2 Å². The molecule has 3 rings (SSSR count). The van der Waals surface area contributed by atoms with E-state index in [1.807, 2.05) is 0 Å². The van der Waals surface area contributed by atoms with Gasteiger partial charge in [0.05, 0.1) is 19.5 Å². The zero-order valence-corrected chi connectivity index (χ0v) is 34.9. The first-order valence-corrected chi connectivity index (χ1v) is 22.9. The number of hydrogen-bond donors (Lipinski definition) is 10. The van der Waals surface area contributed by atoms with Crippen molar-refractivity contribution in [1.29, 1.82) is 0 Å². The Balaban J connectivity index is 1.43. The van der Waals surface area contributed by atoms with Crippen molar-refractivity contribution in [3.63, 3.8) is 0 Å². The topological polar surface area (TPSA) is 401 Å². The van der Waals surface area contributed by atoms with Crippen molar-refractivity contribution >= 4 is 75.1 Å². The van der Waals surface area contributed by atoms with Gasteiger partial charge in [0.1, 0.15) is 36.3 Å². The number of nitrogens with zero attached hydrogens (tertiary/aromatic N) is 4. The molecule has 30 heteroatoms. The number of hydrogen-bond acceptors (Lipinski definition) is 19. The number of nitrogens with one attached hydrogen (secondary N) is 2. The van der Waals surface area contributed by atoms with Gasteiger partial charge in [-0.25, -0.2) is 28.6 Å². The molecule has 11 N–H and O–H groups in total. The number of nitrogen functional groups attached to an aromatic ring is 1. The lowest BCUT2D eigenvalue weighted by atomic mass is 9.87. The lowest BCUT2D eigenvalue weighted by molar-refractivity contribution is -0.137. The van der Waals surface area contributed by atoms with Gasteiger partial charge in [0, 0.05) is 37.1 Å². The molecule has 1 fully saturated rings. The number of aliphatic carboxylic acids is 1. The molecule has 59 heavy (non-hydrogen) atoms. The minimum Gasteiger partial charge on any atom is -0.481 e. The van der Waals surface area contributed by atoms with Crippen molar-refractivity contribution in [2.75, 3.05) is 37.8 Å². The molecule has 0 aromatic carbocycles. The van der Waals surface area contributed by atoms with Crippen LogP contribution in [0.3, 0.4) is 0 Å². The number of imidazole rings is 1. The average molecular weight is 922 g/mol. The molecule has 2 aromatic heterocycles. The molecule has 26 nitrogen and oxygen atoms in total. The Bertz CT molecular complexity index is 1970. The molecule has 332 valence electrons. The summed E-state index contributed by atoms with van der Waals surface area (Å²) in [6.45, 7) is 0.322. The number of carbonyl (C=O) groups excluding carboxylic acids is 3. The number of carboxylic acids is 1. The highest BCUT2D eigenvalue weighted by molar-refractivity contribution is 8.14. The summed E-state index contributed by atoms with van der Waals surface area (Å²) in [5, 5.41) is 34.7. The molecule has 7 unspecified atom stereocenters. The summed E-state index contributed by atoms with van der Waals surface area (Å²) in [7, 11) is -16.4. The van der Waals surface area contributed by atoms with Crippen molar-refractivity contribution in [3.8, 4) is 0 Å². The number of rotatable bonds is 25. The number of allylic oxidation sites excluding steroid dienone is 1. The Labute approximate surface area is 339 Å². The molecule has 0 saturated carbocycles. The fraction of sp³-hybridized carbons (Fsp3) is 0.621. The van der Waals surface area contributed by atoms with Crippen molar-refractivity contribution in [3.05, 3.63) is 24.8 Å². The maximum Gasteiger partial charge on any atom is 0.481 e. The number of aliphatic hydroxyl groups excluding tert-OH is 2. The van der Waals surface area contributed by atoms with E-state index in [4.69, 9.17) is 24.6 Å². The lowest BCUT2D eigenvalue weighted by Gasteiger charge is -2.30. The van der Waals surface area contributed by atoms with Crippen LogP contribution in [0.2, 0.25) is 0 Å². The largest absolute Gasteiger partial charge is 0.481 e. The normalized spacial score (nSPS) is 21.2. The van der Waals surface area contributed by atoms with E-state index in [2.05, 4.69) is 34.4 Å². The fourth-order valence-electron chi connectivity index (χ4n) is 5.05. The van der Waals surface area contributed by atoms with Crippen LogP contribution in [0.15, 0.2) is 24.8 Å². The summed E-state index contributed by atoms with van der Waals surface area (Å²) in [5.41, 5.74) is 4.22. The third-order valence-corrected chi connectivity index (χ3v) is 11.9. The average Bonchev–Trinajstić information content (AvgIpc) is 3.69. The fourth-order valence-corrected chi connectivity index (χ4v) is 8.47. The molecule has 7 atom stereocenters. The van der Waals surface area contributed by atoms with Gasteiger partial charge in [-0.2, -0.15) is 4.31 Å².